The van der Waals surface area contributed by atoms with E-state index in [4.69, 9.17) is 0 Å². The highest BCUT2D eigenvalue weighted by Gasteiger charge is 2.20. The summed E-state index contributed by atoms with van der Waals surface area (Å²) in [6, 6.07) is 7.96. The maximum atomic E-state index is 12.8. The normalized spacial score (nSPS) is 13.6. The molecule has 0 atom stereocenters. The molecule has 4 rings (SSSR count). The van der Waals surface area contributed by atoms with Gasteiger partial charge < -0.3 is 5.32 Å². The lowest BCUT2D eigenvalue weighted by molar-refractivity contribution is -0.122. The molecule has 7 heteroatoms. The Morgan fingerprint density at radius 2 is 1.96 bits per heavy atom. The summed E-state index contributed by atoms with van der Waals surface area (Å²) in [4.78, 5) is 25.0. The van der Waals surface area contributed by atoms with E-state index in [-0.39, 0.29) is 18.0 Å². The van der Waals surface area contributed by atoms with E-state index in [0.717, 1.165) is 42.5 Å². The first-order valence-corrected chi connectivity index (χ1v) is 8.90. The second-order valence-corrected chi connectivity index (χ2v) is 6.78. The fraction of sp³-hybridized carbons (Fsp3) is 0.368. The molecule has 1 amide bonds. The van der Waals surface area contributed by atoms with Crippen molar-refractivity contribution in [2.75, 3.05) is 0 Å². The minimum Gasteiger partial charge on any atom is -0.350 e. The predicted molar refractivity (Wildman–Crippen MR) is 96.9 cm³/mol. The van der Waals surface area contributed by atoms with E-state index >= 15 is 0 Å². The molecule has 1 aliphatic carbocycles. The lowest BCUT2D eigenvalue weighted by Crippen LogP contribution is -2.34. The molecule has 134 valence electrons. The van der Waals surface area contributed by atoms with Crippen LogP contribution in [0, 0.1) is 6.92 Å². The molecular formula is C19H21N5O2. The predicted octanol–water partition coefficient (Wildman–Crippen LogP) is 1.39. The van der Waals surface area contributed by atoms with Gasteiger partial charge in [0.1, 0.15) is 18.4 Å². The van der Waals surface area contributed by atoms with E-state index in [1.807, 2.05) is 31.2 Å². The SMILES string of the molecule is Cc1ccc(CNC(=O)Cn2ncn3nc4c(c3c2=O)CCCC4)cc1. The summed E-state index contributed by atoms with van der Waals surface area (Å²) in [6.45, 7) is 2.35. The van der Waals surface area contributed by atoms with Crippen molar-refractivity contribution in [1.82, 2.24) is 24.7 Å². The maximum Gasteiger partial charge on any atom is 0.293 e. The van der Waals surface area contributed by atoms with Crippen molar-refractivity contribution in [2.45, 2.75) is 45.7 Å². The van der Waals surface area contributed by atoms with E-state index in [1.54, 1.807) is 4.52 Å². The smallest absolute Gasteiger partial charge is 0.293 e. The molecule has 2 aromatic heterocycles. The van der Waals surface area contributed by atoms with Crippen LogP contribution in [0.2, 0.25) is 0 Å². The number of nitrogens with one attached hydrogen (secondary N) is 1. The van der Waals surface area contributed by atoms with Crippen molar-refractivity contribution in [1.29, 1.82) is 0 Å². The van der Waals surface area contributed by atoms with E-state index in [2.05, 4.69) is 15.5 Å². The van der Waals surface area contributed by atoms with Gasteiger partial charge in [-0.1, -0.05) is 29.8 Å². The molecule has 1 N–H and O–H groups in total. The number of carbonyl (C=O) groups excluding carboxylic acids is 1. The summed E-state index contributed by atoms with van der Waals surface area (Å²) >= 11 is 0. The molecule has 0 spiro atoms. The third-order valence-electron chi connectivity index (χ3n) is 4.82. The zero-order valence-corrected chi connectivity index (χ0v) is 14.7. The minimum atomic E-state index is -0.256. The Hall–Kier alpha value is -2.96. The Bertz CT molecular complexity index is 1020. The van der Waals surface area contributed by atoms with E-state index in [1.165, 1.54) is 16.6 Å². The van der Waals surface area contributed by atoms with Gasteiger partial charge in [0.2, 0.25) is 5.91 Å². The quantitative estimate of drug-likeness (QED) is 0.770. The second-order valence-electron chi connectivity index (χ2n) is 6.78. The number of fused-ring (bicyclic) bond motifs is 3. The number of hydrogen-bond donors (Lipinski definition) is 1. The number of amides is 1. The Labute approximate surface area is 150 Å². The maximum absolute atomic E-state index is 12.8. The van der Waals surface area contributed by atoms with Crippen molar-refractivity contribution in [2.24, 2.45) is 0 Å². The highest BCUT2D eigenvalue weighted by Crippen LogP contribution is 2.22. The number of benzene rings is 1. The largest absolute Gasteiger partial charge is 0.350 e. The van der Waals surface area contributed by atoms with Gasteiger partial charge in [-0.2, -0.15) is 10.2 Å². The molecule has 0 saturated carbocycles. The topological polar surface area (TPSA) is 81.3 Å². The Morgan fingerprint density at radius 3 is 2.77 bits per heavy atom. The first-order valence-electron chi connectivity index (χ1n) is 8.90. The van der Waals surface area contributed by atoms with Crippen LogP contribution in [0.25, 0.3) is 5.52 Å². The molecule has 0 unspecified atom stereocenters. The van der Waals surface area contributed by atoms with Crippen LogP contribution < -0.4 is 10.9 Å². The first kappa shape index (κ1) is 16.5. The molecule has 0 aliphatic heterocycles. The van der Waals surface area contributed by atoms with Crippen LogP contribution in [-0.4, -0.2) is 25.3 Å². The van der Waals surface area contributed by atoms with Gasteiger partial charge >= 0.3 is 0 Å². The first-order chi connectivity index (χ1) is 12.6. The zero-order valence-electron chi connectivity index (χ0n) is 14.7. The van der Waals surface area contributed by atoms with Gasteiger partial charge in [-0.05, 0) is 38.2 Å². The average molecular weight is 351 g/mol. The summed E-state index contributed by atoms with van der Waals surface area (Å²) in [5.41, 5.74) is 4.49. The van der Waals surface area contributed by atoms with Gasteiger partial charge in [0.15, 0.2) is 0 Å². The molecule has 7 nitrogen and oxygen atoms in total. The summed E-state index contributed by atoms with van der Waals surface area (Å²) in [5, 5.41) is 11.4. The van der Waals surface area contributed by atoms with Crippen LogP contribution >= 0.6 is 0 Å². The third kappa shape index (κ3) is 3.12. The van der Waals surface area contributed by atoms with E-state index in [0.29, 0.717) is 12.1 Å². The number of rotatable bonds is 4. The molecule has 0 bridgehead atoms. The fourth-order valence-corrected chi connectivity index (χ4v) is 3.38. The molecule has 1 aromatic carbocycles. The summed E-state index contributed by atoms with van der Waals surface area (Å²) < 4.78 is 2.77. The molecule has 0 saturated heterocycles. The average Bonchev–Trinajstić information content (AvgIpc) is 3.03. The Balaban J connectivity index is 1.51. The number of carbonyl (C=O) groups is 1. The highest BCUT2D eigenvalue weighted by atomic mass is 16.2. The molecule has 3 aromatic rings. The molecule has 1 aliphatic rings. The van der Waals surface area contributed by atoms with Crippen LogP contribution in [0.5, 0.6) is 0 Å². The Kier molecular flexibility index (Phi) is 4.28. The zero-order chi connectivity index (χ0) is 18.1. The van der Waals surface area contributed by atoms with Crippen molar-refractivity contribution in [3.8, 4) is 0 Å². The van der Waals surface area contributed by atoms with Crippen LogP contribution in [-0.2, 0) is 30.7 Å². The minimum absolute atomic E-state index is 0.0961. The second kappa shape index (κ2) is 6.74. The number of aromatic nitrogens is 4. The van der Waals surface area contributed by atoms with Crippen LogP contribution in [0.15, 0.2) is 35.4 Å². The van der Waals surface area contributed by atoms with Crippen LogP contribution in [0.4, 0.5) is 0 Å². The number of aryl methyl sites for hydroxylation is 3. The van der Waals surface area contributed by atoms with Gasteiger partial charge in [0.05, 0.1) is 5.69 Å². The molecule has 0 fully saturated rings. The monoisotopic (exact) mass is 351 g/mol. The number of nitrogens with zero attached hydrogens (tertiary/aromatic N) is 4. The fourth-order valence-electron chi connectivity index (χ4n) is 3.38. The van der Waals surface area contributed by atoms with Gasteiger partial charge in [-0.25, -0.2) is 9.20 Å². The van der Waals surface area contributed by atoms with Crippen molar-refractivity contribution < 1.29 is 4.79 Å². The third-order valence-corrected chi connectivity index (χ3v) is 4.82. The summed E-state index contributed by atoms with van der Waals surface area (Å²) in [5.74, 6) is -0.238. The molecule has 0 radical (unpaired) electrons. The molecular weight excluding hydrogens is 330 g/mol. The lowest BCUT2D eigenvalue weighted by Gasteiger charge is -2.09. The van der Waals surface area contributed by atoms with E-state index < -0.39 is 0 Å². The van der Waals surface area contributed by atoms with E-state index in [9.17, 15) is 9.59 Å². The van der Waals surface area contributed by atoms with Crippen molar-refractivity contribution in [3.05, 3.63) is 63.3 Å². The lowest BCUT2D eigenvalue weighted by atomic mass is 9.97. The molecule has 26 heavy (non-hydrogen) atoms. The van der Waals surface area contributed by atoms with Gasteiger partial charge in [-0.3, -0.25) is 9.59 Å². The van der Waals surface area contributed by atoms with Gasteiger partial charge in [0.25, 0.3) is 5.56 Å². The number of hydrogen-bond acceptors (Lipinski definition) is 4. The summed E-state index contributed by atoms with van der Waals surface area (Å²) in [6.07, 6.45) is 5.43. The Morgan fingerprint density at radius 1 is 1.19 bits per heavy atom. The highest BCUT2D eigenvalue weighted by molar-refractivity contribution is 5.75. The van der Waals surface area contributed by atoms with Gasteiger partial charge in [0, 0.05) is 12.1 Å². The summed E-state index contributed by atoms with van der Waals surface area (Å²) in [7, 11) is 0. The van der Waals surface area contributed by atoms with Crippen LogP contribution in [0.1, 0.15) is 35.2 Å². The van der Waals surface area contributed by atoms with Gasteiger partial charge in [-0.15, -0.1) is 0 Å². The van der Waals surface area contributed by atoms with Crippen molar-refractivity contribution in [3.63, 3.8) is 0 Å². The van der Waals surface area contributed by atoms with Crippen LogP contribution in [0.3, 0.4) is 0 Å². The van der Waals surface area contributed by atoms with Crippen molar-refractivity contribution >= 4 is 11.4 Å². The standard InChI is InChI=1S/C19H21N5O2/c1-13-6-8-14(9-7-13)10-20-17(25)11-23-19(26)18-15-4-2-3-5-16(15)22-24(18)12-21-23/h6-9,12H,2-5,10-11H2,1H3,(H,20,25). The molecule has 2 heterocycles.